The molecular formula is C74H54N4O2Pt-2. The summed E-state index contributed by atoms with van der Waals surface area (Å²) in [4.78, 5) is 4.85. The molecular weight excluding hydrogens is 1170 g/mol. The summed E-state index contributed by atoms with van der Waals surface area (Å²) < 4.78 is 140. The first kappa shape index (κ1) is 37.7. The number of hydrogen-bond donors (Lipinski definition) is 0. The number of aromatic nitrogens is 4. The minimum Gasteiger partial charge on any atom is -0.510 e. The summed E-state index contributed by atoms with van der Waals surface area (Å²) in [5.41, 5.74) is 6.14. The van der Waals surface area contributed by atoms with Gasteiger partial charge in [0.25, 0.3) is 6.33 Å². The van der Waals surface area contributed by atoms with Gasteiger partial charge in [0.1, 0.15) is 17.0 Å². The van der Waals surface area contributed by atoms with Crippen LogP contribution in [0.3, 0.4) is 0 Å². The molecule has 0 fully saturated rings. The van der Waals surface area contributed by atoms with Gasteiger partial charge in [-0.2, -0.15) is 18.2 Å². The third-order valence-corrected chi connectivity index (χ3v) is 15.2. The first-order valence-electron chi connectivity index (χ1n) is 32.9. The molecule has 81 heavy (non-hydrogen) atoms. The monoisotopic (exact) mass is 1240 g/mol. The first-order chi connectivity index (χ1) is 44.3. The Kier molecular flexibility index (Phi) is 8.87. The molecule has 7 heteroatoms. The Morgan fingerprint density at radius 3 is 1.98 bits per heavy atom. The zero-order valence-electron chi connectivity index (χ0n) is 57.7. The zero-order chi connectivity index (χ0) is 65.3. The summed E-state index contributed by atoms with van der Waals surface area (Å²) in [5, 5.41) is 3.66. The Morgan fingerprint density at radius 2 is 1.21 bits per heavy atom. The maximum atomic E-state index is 9.98. The standard InChI is InChI=1S/C74H54N4O2.Pt/c1-73(2,3)49-35-36-75-71(40-49)78-65-29-16-14-27-57(65)58-33-32-52(42-67(58)78)79-51-22-18-21-50(41-51)76-45-77-66-44-60(47-31-34-70-62(37-47)59-28-15-17-30-69(59)80-70)64(74(4,5)6)43-61(66)55-25-12-10-23-53(55)54-24-11-13-26-56(54)63-38-48(39-68(76)72(63)77)46-19-8-7-9-20-46;/h7-40,43-44H,1-6H3;/q-2;/i7D,8D,9D,10D,11D,12D,13D,19D,20D,23D,24D,25D,26D;. The van der Waals surface area contributed by atoms with Gasteiger partial charge < -0.3 is 18.3 Å². The van der Waals surface area contributed by atoms with E-state index in [4.69, 9.17) is 18.3 Å². The molecule has 6 nitrogen and oxygen atoms in total. The minimum atomic E-state index is -0.671. The average Bonchev–Trinajstić information content (AvgIpc) is 1.44. The summed E-state index contributed by atoms with van der Waals surface area (Å²) in [6.45, 7) is 12.6. The van der Waals surface area contributed by atoms with Crippen molar-refractivity contribution < 1.29 is 52.6 Å². The number of fused-ring (bicyclic) bond motifs is 13. The van der Waals surface area contributed by atoms with Crippen molar-refractivity contribution in [2.45, 2.75) is 52.4 Å². The molecule has 15 rings (SSSR count). The minimum absolute atomic E-state index is 0. The predicted molar refractivity (Wildman–Crippen MR) is 325 cm³/mol. The molecule has 1 aliphatic rings. The number of furan rings is 1. The number of imidazole rings is 1. The Balaban J connectivity index is 0.00000763. The van der Waals surface area contributed by atoms with Crippen molar-refractivity contribution in [2.24, 2.45) is 0 Å². The molecule has 0 amide bonds. The SMILES string of the molecule is [2H]c1c([2H])c([2H])c(-c2cc3c4c(c2)n(-c2[c-]c(Oc5[c-]c6c(cc5)c5ccccc5n6-c5cc(C(C)(C)C)ccn5)ccc2)[c-][n+]4-c2cc(-c4ccc5oc6ccccc6c5c4)c(C(C)(C)C)cc2-c2c([2H])c([2H])c([2H])c([2H])c2-c2c([2H])c([2H])c([2H])c([2H])c2-3)c([2H])c1[2H].[Pt]. The third-order valence-electron chi connectivity index (χ3n) is 15.2. The van der Waals surface area contributed by atoms with Crippen molar-refractivity contribution in [3.05, 3.63) is 248 Å². The molecule has 4 aromatic heterocycles. The van der Waals surface area contributed by atoms with Crippen molar-refractivity contribution in [3.63, 3.8) is 0 Å². The van der Waals surface area contributed by atoms with E-state index in [1.807, 2.05) is 112 Å². The van der Waals surface area contributed by atoms with Crippen molar-refractivity contribution >= 4 is 54.8 Å². The van der Waals surface area contributed by atoms with Crippen molar-refractivity contribution in [1.29, 1.82) is 0 Å². The van der Waals surface area contributed by atoms with E-state index in [2.05, 4.69) is 62.0 Å². The molecule has 14 aromatic rings. The summed E-state index contributed by atoms with van der Waals surface area (Å²) in [6.07, 6.45) is 5.42. The second-order valence-electron chi connectivity index (χ2n) is 22.2. The number of hydrogen-bond acceptors (Lipinski definition) is 3. The molecule has 0 radical (unpaired) electrons. The van der Waals surface area contributed by atoms with E-state index in [-0.39, 0.29) is 87.8 Å². The smallest absolute Gasteiger partial charge is 0.268 e. The number of rotatable bonds is 6. The van der Waals surface area contributed by atoms with Gasteiger partial charge in [0.05, 0.1) is 34.5 Å². The van der Waals surface area contributed by atoms with Crippen LogP contribution in [0.2, 0.25) is 0 Å². The molecule has 394 valence electrons. The van der Waals surface area contributed by atoms with Crippen molar-refractivity contribution in [3.8, 4) is 84.3 Å². The van der Waals surface area contributed by atoms with Gasteiger partial charge in [0.15, 0.2) is 0 Å². The number of pyridine rings is 1. The molecule has 5 heterocycles. The summed E-state index contributed by atoms with van der Waals surface area (Å²) >= 11 is 0. The van der Waals surface area contributed by atoms with Crippen LogP contribution in [0.15, 0.2) is 223 Å². The van der Waals surface area contributed by atoms with E-state index in [1.54, 1.807) is 33.4 Å². The van der Waals surface area contributed by atoms with Gasteiger partial charge >= 0.3 is 0 Å². The average molecular weight is 1240 g/mol. The fraction of sp³-hybridized carbons (Fsp3) is 0.108. The van der Waals surface area contributed by atoms with Crippen LogP contribution in [-0.2, 0) is 31.9 Å². The van der Waals surface area contributed by atoms with Gasteiger partial charge in [-0.25, -0.2) is 4.98 Å². The summed E-state index contributed by atoms with van der Waals surface area (Å²) in [6, 6.07) is 41.2. The molecule has 0 atom stereocenters. The van der Waals surface area contributed by atoms with Crippen LogP contribution in [-0.4, -0.2) is 14.1 Å². The van der Waals surface area contributed by atoms with Crippen LogP contribution in [0.4, 0.5) is 0 Å². The Bertz CT molecular complexity index is 5620. The van der Waals surface area contributed by atoms with Crippen LogP contribution in [0.25, 0.3) is 128 Å². The maximum Gasteiger partial charge on any atom is 0.268 e. The quantitative estimate of drug-likeness (QED) is 0.123. The molecule has 0 unspecified atom stereocenters. The molecule has 0 bridgehead atoms. The van der Waals surface area contributed by atoms with E-state index in [0.29, 0.717) is 34.1 Å². The van der Waals surface area contributed by atoms with Crippen molar-refractivity contribution in [2.75, 3.05) is 0 Å². The molecule has 0 aliphatic carbocycles. The second-order valence-corrected chi connectivity index (χ2v) is 22.2. The molecule has 0 spiro atoms. The Morgan fingerprint density at radius 1 is 0.519 bits per heavy atom. The number of ether oxygens (including phenoxy) is 1. The third kappa shape index (κ3) is 8.34. The van der Waals surface area contributed by atoms with Gasteiger partial charge in [-0.05, 0) is 137 Å². The van der Waals surface area contributed by atoms with Crippen LogP contribution in [0.1, 0.15) is 70.5 Å². The van der Waals surface area contributed by atoms with Crippen LogP contribution in [0.5, 0.6) is 11.5 Å². The largest absolute Gasteiger partial charge is 0.510 e. The Hall–Kier alpha value is -9.09. The topological polar surface area (TPSA) is 49.0 Å². The van der Waals surface area contributed by atoms with E-state index >= 15 is 0 Å². The van der Waals surface area contributed by atoms with Crippen LogP contribution < -0.4 is 9.30 Å². The van der Waals surface area contributed by atoms with Crippen LogP contribution in [0, 0.1) is 18.5 Å². The second kappa shape index (κ2) is 19.0. The first-order valence-corrected chi connectivity index (χ1v) is 26.4. The summed E-state index contributed by atoms with van der Waals surface area (Å²) in [7, 11) is 0. The number of nitrogens with zero attached hydrogens (tertiary/aromatic N) is 4. The van der Waals surface area contributed by atoms with E-state index in [1.165, 1.54) is 6.07 Å². The van der Waals surface area contributed by atoms with Gasteiger partial charge in [-0.3, -0.25) is 4.57 Å². The molecule has 0 N–H and O–H groups in total. The van der Waals surface area contributed by atoms with Gasteiger partial charge in [0.2, 0.25) is 0 Å². The zero-order valence-corrected chi connectivity index (χ0v) is 47.0. The van der Waals surface area contributed by atoms with Crippen LogP contribution >= 0.6 is 0 Å². The predicted octanol–water partition coefficient (Wildman–Crippen LogP) is 18.7. The van der Waals surface area contributed by atoms with Gasteiger partial charge in [-0.15, -0.1) is 29.7 Å². The van der Waals surface area contributed by atoms with E-state index < -0.39 is 84.0 Å². The van der Waals surface area contributed by atoms with Gasteiger partial charge in [0, 0.05) is 55.1 Å². The maximum absolute atomic E-state index is 9.98. The van der Waals surface area contributed by atoms with E-state index in [0.717, 1.165) is 54.8 Å². The number of para-hydroxylation sites is 2. The Labute approximate surface area is 503 Å². The summed E-state index contributed by atoms with van der Waals surface area (Å²) in [5.74, 6) is 1.30. The molecule has 1 aliphatic heterocycles. The fourth-order valence-electron chi connectivity index (χ4n) is 11.4. The molecule has 10 aromatic carbocycles. The normalized spacial score (nSPS) is 14.5. The molecule has 0 saturated heterocycles. The molecule has 0 saturated carbocycles. The van der Waals surface area contributed by atoms with E-state index in [9.17, 15) is 13.7 Å². The van der Waals surface area contributed by atoms with Gasteiger partial charge in [-0.1, -0.05) is 180 Å². The fourth-order valence-corrected chi connectivity index (χ4v) is 11.4. The number of benzene rings is 10. The van der Waals surface area contributed by atoms with Crippen molar-refractivity contribution in [1.82, 2.24) is 14.1 Å².